The van der Waals surface area contributed by atoms with Gasteiger partial charge in [0.1, 0.15) is 5.82 Å². The van der Waals surface area contributed by atoms with E-state index in [1.54, 1.807) is 24.3 Å². The molecule has 1 aromatic heterocycles. The van der Waals surface area contributed by atoms with Crippen molar-refractivity contribution in [3.8, 4) is 0 Å². The number of anilines is 1. The molecule has 0 atom stereocenters. The summed E-state index contributed by atoms with van der Waals surface area (Å²) in [5.41, 5.74) is 2.28. The van der Waals surface area contributed by atoms with Gasteiger partial charge in [-0.05, 0) is 43.2 Å². The lowest BCUT2D eigenvalue weighted by molar-refractivity contribution is -0.113. The van der Waals surface area contributed by atoms with E-state index in [4.69, 9.17) is 0 Å². The third-order valence-corrected chi connectivity index (χ3v) is 5.16. The van der Waals surface area contributed by atoms with Gasteiger partial charge in [0.25, 0.3) is 0 Å². The SMILES string of the molecule is CCn1c(SCC(=O)Nc2ccc(C(=O)OC)cc2)cnc1C1=CC=CC1. The largest absolute Gasteiger partial charge is 0.465 e. The standard InChI is InChI=1S/C20H21N3O3S/c1-3-23-18(12-21-19(23)14-6-4-5-7-14)27-13-17(24)22-16-10-8-15(9-11-16)20(25)26-2/h4-6,8-12H,3,7,13H2,1-2H3,(H,22,24). The molecule has 0 aliphatic heterocycles. The fraction of sp³-hybridized carbons (Fsp3) is 0.250. The summed E-state index contributed by atoms with van der Waals surface area (Å²) in [6, 6.07) is 6.61. The second-order valence-corrected chi connectivity index (χ2v) is 6.89. The number of esters is 1. The van der Waals surface area contributed by atoms with Gasteiger partial charge < -0.3 is 14.6 Å². The highest BCUT2D eigenvalue weighted by Crippen LogP contribution is 2.27. The number of imidazole rings is 1. The van der Waals surface area contributed by atoms with Crippen molar-refractivity contribution in [3.05, 3.63) is 60.1 Å². The molecule has 0 radical (unpaired) electrons. The zero-order valence-corrected chi connectivity index (χ0v) is 16.1. The van der Waals surface area contributed by atoms with Crippen LogP contribution in [0.1, 0.15) is 29.5 Å². The lowest BCUT2D eigenvalue weighted by Crippen LogP contribution is -2.14. The molecule has 0 saturated carbocycles. The molecule has 1 heterocycles. The molecule has 1 aliphatic carbocycles. The Morgan fingerprint density at radius 1 is 1.30 bits per heavy atom. The molecule has 0 fully saturated rings. The first-order valence-corrected chi connectivity index (χ1v) is 9.63. The van der Waals surface area contributed by atoms with E-state index in [0.717, 1.165) is 23.8 Å². The van der Waals surface area contributed by atoms with Gasteiger partial charge in [0.2, 0.25) is 5.91 Å². The molecule has 27 heavy (non-hydrogen) atoms. The van der Waals surface area contributed by atoms with Crippen LogP contribution in [0.4, 0.5) is 5.69 Å². The number of hydrogen-bond acceptors (Lipinski definition) is 5. The van der Waals surface area contributed by atoms with Crippen molar-refractivity contribution in [3.63, 3.8) is 0 Å². The lowest BCUT2D eigenvalue weighted by atomic mass is 10.2. The van der Waals surface area contributed by atoms with Crippen molar-refractivity contribution < 1.29 is 14.3 Å². The van der Waals surface area contributed by atoms with E-state index in [-0.39, 0.29) is 11.7 Å². The zero-order chi connectivity index (χ0) is 19.2. The summed E-state index contributed by atoms with van der Waals surface area (Å²) in [7, 11) is 1.33. The Morgan fingerprint density at radius 2 is 2.07 bits per heavy atom. The molecule has 7 heteroatoms. The van der Waals surface area contributed by atoms with Crippen LogP contribution in [-0.4, -0.2) is 34.3 Å². The van der Waals surface area contributed by atoms with Crippen LogP contribution >= 0.6 is 11.8 Å². The monoisotopic (exact) mass is 383 g/mol. The van der Waals surface area contributed by atoms with Crippen LogP contribution in [0.2, 0.25) is 0 Å². The molecule has 0 saturated heterocycles. The maximum absolute atomic E-state index is 12.2. The van der Waals surface area contributed by atoms with Crippen LogP contribution in [-0.2, 0) is 16.1 Å². The van der Waals surface area contributed by atoms with E-state index in [1.165, 1.54) is 24.4 Å². The molecule has 1 aromatic carbocycles. The molecule has 6 nitrogen and oxygen atoms in total. The number of amides is 1. The second kappa shape index (κ2) is 8.73. The van der Waals surface area contributed by atoms with Gasteiger partial charge in [-0.3, -0.25) is 4.79 Å². The Kier molecular flexibility index (Phi) is 6.13. The van der Waals surface area contributed by atoms with E-state index in [2.05, 4.69) is 38.7 Å². The number of ether oxygens (including phenoxy) is 1. The highest BCUT2D eigenvalue weighted by atomic mass is 32.2. The third-order valence-electron chi connectivity index (χ3n) is 4.13. The van der Waals surface area contributed by atoms with E-state index in [9.17, 15) is 9.59 Å². The van der Waals surface area contributed by atoms with Crippen LogP contribution in [0, 0.1) is 0 Å². The Morgan fingerprint density at radius 3 is 2.70 bits per heavy atom. The summed E-state index contributed by atoms with van der Waals surface area (Å²) in [5, 5.41) is 3.80. The summed E-state index contributed by atoms with van der Waals surface area (Å²) in [6.45, 7) is 2.87. The summed E-state index contributed by atoms with van der Waals surface area (Å²) in [5.74, 6) is 0.725. The average molecular weight is 383 g/mol. The molecule has 2 aromatic rings. The Hall–Kier alpha value is -2.80. The number of nitrogens with one attached hydrogen (secondary N) is 1. The number of hydrogen-bond donors (Lipinski definition) is 1. The smallest absolute Gasteiger partial charge is 0.337 e. The van der Waals surface area contributed by atoms with Gasteiger partial charge >= 0.3 is 5.97 Å². The van der Waals surface area contributed by atoms with Crippen molar-refractivity contribution in [2.24, 2.45) is 0 Å². The number of carbonyl (C=O) groups is 2. The van der Waals surface area contributed by atoms with Crippen LogP contribution in [0.15, 0.2) is 53.7 Å². The summed E-state index contributed by atoms with van der Waals surface area (Å²) in [4.78, 5) is 28.2. The minimum atomic E-state index is -0.403. The quantitative estimate of drug-likeness (QED) is 0.582. The van der Waals surface area contributed by atoms with Gasteiger partial charge in [0.05, 0.1) is 29.6 Å². The van der Waals surface area contributed by atoms with Crippen molar-refractivity contribution in [2.45, 2.75) is 24.9 Å². The minimum absolute atomic E-state index is 0.113. The normalized spacial score (nSPS) is 12.7. The topological polar surface area (TPSA) is 73.2 Å². The highest BCUT2D eigenvalue weighted by molar-refractivity contribution is 7.99. The Bertz CT molecular complexity index is 898. The third kappa shape index (κ3) is 4.49. The molecule has 0 unspecified atom stereocenters. The molecule has 1 amide bonds. The van der Waals surface area contributed by atoms with Crippen LogP contribution in [0.25, 0.3) is 5.57 Å². The van der Waals surface area contributed by atoms with Crippen molar-refractivity contribution >= 4 is 34.9 Å². The van der Waals surface area contributed by atoms with Crippen LogP contribution < -0.4 is 5.32 Å². The predicted molar refractivity (Wildman–Crippen MR) is 107 cm³/mol. The van der Waals surface area contributed by atoms with E-state index in [1.807, 2.05) is 12.3 Å². The highest BCUT2D eigenvalue weighted by Gasteiger charge is 2.15. The van der Waals surface area contributed by atoms with Gasteiger partial charge in [0.15, 0.2) is 0 Å². The maximum atomic E-state index is 12.2. The van der Waals surface area contributed by atoms with Crippen molar-refractivity contribution in [2.75, 3.05) is 18.2 Å². The van der Waals surface area contributed by atoms with E-state index in [0.29, 0.717) is 11.3 Å². The Balaban J connectivity index is 1.58. The van der Waals surface area contributed by atoms with Gasteiger partial charge in [-0.15, -0.1) is 0 Å². The maximum Gasteiger partial charge on any atom is 0.337 e. The molecule has 140 valence electrons. The van der Waals surface area contributed by atoms with Gasteiger partial charge in [-0.2, -0.15) is 0 Å². The number of allylic oxidation sites excluding steroid dienone is 4. The number of rotatable bonds is 7. The minimum Gasteiger partial charge on any atom is -0.465 e. The molecule has 1 aliphatic rings. The number of nitrogens with zero attached hydrogens (tertiary/aromatic N) is 2. The van der Waals surface area contributed by atoms with Crippen molar-refractivity contribution in [1.82, 2.24) is 9.55 Å². The van der Waals surface area contributed by atoms with Gasteiger partial charge in [-0.25, -0.2) is 9.78 Å². The molecule has 0 bridgehead atoms. The first kappa shape index (κ1) is 19.0. The first-order valence-electron chi connectivity index (χ1n) is 8.65. The predicted octanol–water partition coefficient (Wildman–Crippen LogP) is 3.76. The fourth-order valence-corrected chi connectivity index (χ4v) is 3.64. The molecular formula is C20H21N3O3S. The number of carbonyl (C=O) groups excluding carboxylic acids is 2. The first-order chi connectivity index (χ1) is 13.1. The molecule has 3 rings (SSSR count). The zero-order valence-electron chi connectivity index (χ0n) is 15.3. The summed E-state index contributed by atoms with van der Waals surface area (Å²) < 4.78 is 6.79. The summed E-state index contributed by atoms with van der Waals surface area (Å²) in [6.07, 6.45) is 8.93. The summed E-state index contributed by atoms with van der Waals surface area (Å²) >= 11 is 1.46. The van der Waals surface area contributed by atoms with Gasteiger partial charge in [-0.1, -0.05) is 30.0 Å². The van der Waals surface area contributed by atoms with Gasteiger partial charge in [0, 0.05) is 12.2 Å². The van der Waals surface area contributed by atoms with Crippen molar-refractivity contribution in [1.29, 1.82) is 0 Å². The van der Waals surface area contributed by atoms with Crippen LogP contribution in [0.5, 0.6) is 0 Å². The number of benzene rings is 1. The Labute approximate surface area is 162 Å². The lowest BCUT2D eigenvalue weighted by Gasteiger charge is -2.10. The fourth-order valence-electron chi connectivity index (χ4n) is 2.79. The number of methoxy groups -OCH3 is 1. The molecule has 1 N–H and O–H groups in total. The number of thioether (sulfide) groups is 1. The van der Waals surface area contributed by atoms with E-state index < -0.39 is 5.97 Å². The number of aromatic nitrogens is 2. The second-order valence-electron chi connectivity index (χ2n) is 5.89. The molecule has 0 spiro atoms. The average Bonchev–Trinajstić information content (AvgIpc) is 3.35. The van der Waals surface area contributed by atoms with Crippen LogP contribution in [0.3, 0.4) is 0 Å². The molecular weight excluding hydrogens is 362 g/mol. The van der Waals surface area contributed by atoms with E-state index >= 15 is 0 Å².